The Morgan fingerprint density at radius 1 is 0.935 bits per heavy atom. The summed E-state index contributed by atoms with van der Waals surface area (Å²) in [6.07, 6.45) is 3.25. The maximum atomic E-state index is 13.3. The molecule has 1 amide bonds. The molecule has 0 fully saturated rings. The lowest BCUT2D eigenvalue weighted by Gasteiger charge is -2.10. The van der Waals surface area contributed by atoms with Crippen LogP contribution in [-0.4, -0.2) is 25.5 Å². The molecule has 3 aromatic heterocycles. The molecule has 5 aromatic rings. The van der Waals surface area contributed by atoms with Gasteiger partial charge in [0, 0.05) is 12.1 Å². The first kappa shape index (κ1) is 18.6. The fraction of sp³-hybridized carbons (Fsp3) is 0.0417. The minimum atomic E-state index is -0.288. The van der Waals surface area contributed by atoms with Gasteiger partial charge in [-0.3, -0.25) is 4.79 Å². The molecule has 3 heterocycles. The monoisotopic (exact) mass is 409 g/mol. The molecule has 0 unspecified atom stereocenters. The van der Waals surface area contributed by atoms with Gasteiger partial charge >= 0.3 is 0 Å². The minimum absolute atomic E-state index is 0.288. The van der Waals surface area contributed by atoms with E-state index in [1.165, 1.54) is 0 Å². The molecule has 0 bridgehead atoms. The summed E-state index contributed by atoms with van der Waals surface area (Å²) in [4.78, 5) is 13.3. The quantitative estimate of drug-likeness (QED) is 0.444. The molecule has 5 rings (SSSR count). The molecular weight excluding hydrogens is 390 g/mol. The first-order valence-corrected chi connectivity index (χ1v) is 9.84. The van der Waals surface area contributed by atoms with E-state index in [1.807, 2.05) is 66.7 Å². The number of benzene rings is 2. The number of rotatable bonds is 6. The zero-order valence-corrected chi connectivity index (χ0v) is 16.6. The highest BCUT2D eigenvalue weighted by molar-refractivity contribution is 6.03. The van der Waals surface area contributed by atoms with E-state index in [9.17, 15) is 4.79 Å². The summed E-state index contributed by atoms with van der Waals surface area (Å²) in [7, 11) is 0. The molecule has 0 spiro atoms. The van der Waals surface area contributed by atoms with E-state index in [1.54, 1.807) is 40.0 Å². The molecule has 7 heteroatoms. The third-order valence-electron chi connectivity index (χ3n) is 4.85. The Morgan fingerprint density at radius 2 is 1.71 bits per heavy atom. The van der Waals surface area contributed by atoms with E-state index in [4.69, 9.17) is 4.42 Å². The average molecular weight is 409 g/mol. The lowest BCUT2D eigenvalue weighted by molar-refractivity contribution is 0.101. The minimum Gasteiger partial charge on any atom is -0.463 e. The fourth-order valence-corrected chi connectivity index (χ4v) is 3.36. The fourth-order valence-electron chi connectivity index (χ4n) is 3.36. The summed E-state index contributed by atoms with van der Waals surface area (Å²) in [5.74, 6) is 0.913. The Hall–Kier alpha value is -4.39. The van der Waals surface area contributed by atoms with Gasteiger partial charge < -0.3 is 9.73 Å². The van der Waals surface area contributed by atoms with Crippen molar-refractivity contribution in [3.63, 3.8) is 0 Å². The Labute approximate surface area is 178 Å². The second kappa shape index (κ2) is 8.16. The topological polar surface area (TPSA) is 77.9 Å². The molecule has 2 aromatic carbocycles. The molecule has 0 aliphatic heterocycles. The van der Waals surface area contributed by atoms with Crippen molar-refractivity contribution in [2.45, 2.75) is 6.54 Å². The van der Waals surface area contributed by atoms with Gasteiger partial charge in [-0.05, 0) is 29.8 Å². The molecule has 0 aliphatic rings. The van der Waals surface area contributed by atoms with Crippen molar-refractivity contribution >= 4 is 11.7 Å². The number of para-hydroxylation sites is 1. The van der Waals surface area contributed by atoms with Gasteiger partial charge in [-0.15, -0.1) is 0 Å². The molecular formula is C24H19N5O2. The highest BCUT2D eigenvalue weighted by Gasteiger charge is 2.20. The number of aromatic nitrogens is 4. The van der Waals surface area contributed by atoms with Crippen molar-refractivity contribution in [2.24, 2.45) is 0 Å². The van der Waals surface area contributed by atoms with Crippen molar-refractivity contribution in [3.05, 3.63) is 109 Å². The zero-order chi connectivity index (χ0) is 21.0. The predicted octanol–water partition coefficient (Wildman–Crippen LogP) is 4.63. The van der Waals surface area contributed by atoms with E-state index in [-0.39, 0.29) is 5.91 Å². The van der Waals surface area contributed by atoms with Gasteiger partial charge in [0.25, 0.3) is 5.91 Å². The number of amides is 1. The highest BCUT2D eigenvalue weighted by atomic mass is 16.3. The third-order valence-corrected chi connectivity index (χ3v) is 4.85. The van der Waals surface area contributed by atoms with Crippen LogP contribution in [-0.2, 0) is 6.54 Å². The van der Waals surface area contributed by atoms with Crippen LogP contribution in [0.5, 0.6) is 0 Å². The van der Waals surface area contributed by atoms with Crippen molar-refractivity contribution < 1.29 is 9.21 Å². The van der Waals surface area contributed by atoms with Crippen LogP contribution < -0.4 is 5.32 Å². The maximum absolute atomic E-state index is 13.3. The molecule has 0 saturated heterocycles. The molecule has 0 atom stereocenters. The summed E-state index contributed by atoms with van der Waals surface area (Å²) >= 11 is 0. The Kier molecular flexibility index (Phi) is 4.90. The standard InChI is InChI=1S/C24H19N5O2/c30-24(26-23-13-14-25-28(23)17-18-8-3-1-4-9-18)21-16-20(22-12-7-15-31-22)27-29(21)19-10-5-2-6-11-19/h1-16H,17H2,(H,26,30). The van der Waals surface area contributed by atoms with Gasteiger partial charge in [-0.1, -0.05) is 48.5 Å². The summed E-state index contributed by atoms with van der Waals surface area (Å²) in [5, 5.41) is 11.9. The van der Waals surface area contributed by atoms with E-state index < -0.39 is 0 Å². The smallest absolute Gasteiger partial charge is 0.275 e. The average Bonchev–Trinajstić information content (AvgIpc) is 3.56. The summed E-state index contributed by atoms with van der Waals surface area (Å²) < 4.78 is 8.84. The molecule has 1 N–H and O–H groups in total. The van der Waals surface area contributed by atoms with Crippen LogP contribution in [0, 0.1) is 0 Å². The second-order valence-electron chi connectivity index (χ2n) is 6.95. The second-order valence-corrected chi connectivity index (χ2v) is 6.95. The van der Waals surface area contributed by atoms with Crippen LogP contribution in [0.4, 0.5) is 5.82 Å². The molecule has 7 nitrogen and oxygen atoms in total. The van der Waals surface area contributed by atoms with E-state index >= 15 is 0 Å². The van der Waals surface area contributed by atoms with Crippen LogP contribution in [0.3, 0.4) is 0 Å². The van der Waals surface area contributed by atoms with Gasteiger partial charge in [0.2, 0.25) is 0 Å². The van der Waals surface area contributed by atoms with Crippen LogP contribution >= 0.6 is 0 Å². The number of hydrogen-bond donors (Lipinski definition) is 1. The SMILES string of the molecule is O=C(Nc1ccnn1Cc1ccccc1)c1cc(-c2ccco2)nn1-c1ccccc1. The summed E-state index contributed by atoms with van der Waals surface area (Å²) in [6.45, 7) is 0.555. The number of hydrogen-bond acceptors (Lipinski definition) is 4. The third kappa shape index (κ3) is 3.89. The summed E-state index contributed by atoms with van der Waals surface area (Å²) in [5.41, 5.74) is 2.85. The van der Waals surface area contributed by atoms with Gasteiger partial charge in [0.1, 0.15) is 17.2 Å². The van der Waals surface area contributed by atoms with Gasteiger partial charge in [-0.2, -0.15) is 10.2 Å². The van der Waals surface area contributed by atoms with Gasteiger partial charge in [0.15, 0.2) is 5.76 Å². The first-order chi connectivity index (χ1) is 15.3. The highest BCUT2D eigenvalue weighted by Crippen LogP contribution is 2.23. The molecule has 0 radical (unpaired) electrons. The predicted molar refractivity (Wildman–Crippen MR) is 117 cm³/mol. The van der Waals surface area contributed by atoms with Crippen molar-refractivity contribution in [2.75, 3.05) is 5.32 Å². The lowest BCUT2D eigenvalue weighted by atomic mass is 10.2. The molecule has 152 valence electrons. The zero-order valence-electron chi connectivity index (χ0n) is 16.6. The van der Waals surface area contributed by atoms with Crippen molar-refractivity contribution in [1.29, 1.82) is 0 Å². The van der Waals surface area contributed by atoms with Crippen LogP contribution in [0.25, 0.3) is 17.1 Å². The van der Waals surface area contributed by atoms with Crippen LogP contribution in [0.1, 0.15) is 16.1 Å². The number of carbonyl (C=O) groups is 1. The van der Waals surface area contributed by atoms with E-state index in [2.05, 4.69) is 15.5 Å². The van der Waals surface area contributed by atoms with E-state index in [0.717, 1.165) is 11.3 Å². The number of nitrogens with zero attached hydrogens (tertiary/aromatic N) is 4. The van der Waals surface area contributed by atoms with Gasteiger partial charge in [0.05, 0.1) is 24.7 Å². The van der Waals surface area contributed by atoms with Crippen molar-refractivity contribution in [1.82, 2.24) is 19.6 Å². The first-order valence-electron chi connectivity index (χ1n) is 9.84. The maximum Gasteiger partial charge on any atom is 0.275 e. The van der Waals surface area contributed by atoms with Crippen LogP contribution in [0.2, 0.25) is 0 Å². The molecule has 0 aliphatic carbocycles. The Morgan fingerprint density at radius 3 is 2.45 bits per heavy atom. The lowest BCUT2D eigenvalue weighted by Crippen LogP contribution is -2.19. The van der Waals surface area contributed by atoms with Gasteiger partial charge in [-0.25, -0.2) is 9.36 Å². The summed E-state index contributed by atoms with van der Waals surface area (Å²) in [6, 6.07) is 26.6. The van der Waals surface area contributed by atoms with Crippen LogP contribution in [0.15, 0.2) is 102 Å². The number of nitrogens with one attached hydrogen (secondary N) is 1. The number of carbonyl (C=O) groups excluding carboxylic acids is 1. The Balaban J connectivity index is 1.47. The Bertz CT molecular complexity index is 1290. The van der Waals surface area contributed by atoms with Crippen molar-refractivity contribution in [3.8, 4) is 17.1 Å². The number of furan rings is 1. The number of anilines is 1. The van der Waals surface area contributed by atoms with E-state index in [0.29, 0.717) is 29.5 Å². The normalized spacial score (nSPS) is 10.8. The molecule has 31 heavy (non-hydrogen) atoms. The molecule has 0 saturated carbocycles. The largest absolute Gasteiger partial charge is 0.463 e.